The highest BCUT2D eigenvalue weighted by Gasteiger charge is 2.06. The predicted octanol–water partition coefficient (Wildman–Crippen LogP) is 1.11. The molecule has 2 rings (SSSR count). The molecule has 2 aromatic rings. The van der Waals surface area contributed by atoms with E-state index in [1.54, 1.807) is 18.2 Å². The van der Waals surface area contributed by atoms with Gasteiger partial charge in [0.15, 0.2) is 0 Å². The van der Waals surface area contributed by atoms with Gasteiger partial charge in [0.05, 0.1) is 17.2 Å². The molecule has 0 saturated carbocycles. The second kappa shape index (κ2) is 3.77. The lowest BCUT2D eigenvalue weighted by Gasteiger charge is -1.96. The number of benzene rings is 1. The quantitative estimate of drug-likeness (QED) is 0.509. The lowest BCUT2D eigenvalue weighted by atomic mass is 10.3. The fourth-order valence-electron chi connectivity index (χ4n) is 1.16. The number of hydrogen-bond donors (Lipinski definition) is 0. The summed E-state index contributed by atoms with van der Waals surface area (Å²) in [5.41, 5.74) is 1.31. The van der Waals surface area contributed by atoms with Gasteiger partial charge in [0.1, 0.15) is 5.69 Å². The zero-order chi connectivity index (χ0) is 10.7. The van der Waals surface area contributed by atoms with E-state index < -0.39 is 5.91 Å². The van der Waals surface area contributed by atoms with Gasteiger partial charge in [-0.25, -0.2) is 9.78 Å². The van der Waals surface area contributed by atoms with Crippen molar-refractivity contribution in [2.45, 2.75) is 0 Å². The first-order valence-electron chi connectivity index (χ1n) is 4.15. The zero-order valence-corrected chi connectivity index (χ0v) is 7.54. The van der Waals surface area contributed by atoms with Gasteiger partial charge in [-0.3, -0.25) is 9.78 Å². The first-order valence-corrected chi connectivity index (χ1v) is 4.15. The van der Waals surface area contributed by atoms with Crippen molar-refractivity contribution in [2.75, 3.05) is 0 Å². The van der Waals surface area contributed by atoms with Crippen LogP contribution < -0.4 is 0 Å². The molecule has 0 N–H and O–H groups in total. The fraction of sp³-hybridized carbons (Fsp3) is 0. The van der Waals surface area contributed by atoms with Gasteiger partial charge >= 0.3 is 5.91 Å². The van der Waals surface area contributed by atoms with Crippen LogP contribution in [0.4, 0.5) is 0 Å². The molecule has 0 spiro atoms. The minimum atomic E-state index is -0.733. The molecule has 5 heteroatoms. The van der Waals surface area contributed by atoms with Crippen LogP contribution in [0.1, 0.15) is 10.5 Å². The van der Waals surface area contributed by atoms with E-state index in [1.165, 1.54) is 12.3 Å². The van der Waals surface area contributed by atoms with E-state index in [-0.39, 0.29) is 5.69 Å². The summed E-state index contributed by atoms with van der Waals surface area (Å²) < 4.78 is 0. The molecule has 0 radical (unpaired) electrons. The number of aliphatic imine (C=N–C) groups is 1. The molecule has 0 fully saturated rings. The largest absolute Gasteiger partial charge is 0.307 e. The third kappa shape index (κ3) is 1.77. The number of fused-ring (bicyclic) bond motifs is 1. The Morgan fingerprint density at radius 2 is 2.00 bits per heavy atom. The molecule has 1 aromatic carbocycles. The summed E-state index contributed by atoms with van der Waals surface area (Å²) in [5.74, 6) is -0.733. The van der Waals surface area contributed by atoms with E-state index in [0.717, 1.165) is 0 Å². The molecule has 0 aliphatic heterocycles. The number of aromatic nitrogens is 2. The van der Waals surface area contributed by atoms with E-state index >= 15 is 0 Å². The standard InChI is InChI=1S/C10H5N3O2/c14-6-12-10(15)9-5-11-7-3-1-2-4-8(7)13-9/h1-5H. The number of nitrogens with zero attached hydrogens (tertiary/aromatic N) is 3. The third-order valence-electron chi connectivity index (χ3n) is 1.81. The summed E-state index contributed by atoms with van der Waals surface area (Å²) in [6.07, 6.45) is 2.45. The second-order valence-electron chi connectivity index (χ2n) is 2.75. The first-order chi connectivity index (χ1) is 7.31. The Kier molecular flexibility index (Phi) is 2.31. The number of carbonyl (C=O) groups is 1. The Bertz CT molecular complexity index is 574. The van der Waals surface area contributed by atoms with E-state index in [1.807, 2.05) is 6.07 Å². The Hall–Kier alpha value is -2.39. The Balaban J connectivity index is 2.56. The van der Waals surface area contributed by atoms with Crippen LogP contribution in [0.15, 0.2) is 35.5 Å². The fourth-order valence-corrected chi connectivity index (χ4v) is 1.16. The van der Waals surface area contributed by atoms with Crippen LogP contribution in [0.2, 0.25) is 0 Å². The zero-order valence-electron chi connectivity index (χ0n) is 7.54. The maximum absolute atomic E-state index is 11.2. The number of amides is 1. The van der Waals surface area contributed by atoms with Crippen molar-refractivity contribution in [1.29, 1.82) is 0 Å². The highest BCUT2D eigenvalue weighted by atomic mass is 16.2. The molecule has 1 amide bonds. The maximum Gasteiger partial charge on any atom is 0.307 e. The van der Waals surface area contributed by atoms with Gasteiger partial charge in [-0.15, -0.1) is 4.99 Å². The van der Waals surface area contributed by atoms with Crippen LogP contribution in [-0.4, -0.2) is 22.0 Å². The highest BCUT2D eigenvalue weighted by Crippen LogP contribution is 2.08. The minimum absolute atomic E-state index is 0.0389. The van der Waals surface area contributed by atoms with Crippen molar-refractivity contribution >= 4 is 23.0 Å². The molecule has 0 saturated heterocycles. The van der Waals surface area contributed by atoms with Gasteiger partial charge in [-0.05, 0) is 12.1 Å². The molecule has 1 aromatic heterocycles. The van der Waals surface area contributed by atoms with Crippen molar-refractivity contribution in [2.24, 2.45) is 4.99 Å². The Morgan fingerprint density at radius 1 is 1.27 bits per heavy atom. The molecule has 0 aliphatic carbocycles. The van der Waals surface area contributed by atoms with Crippen LogP contribution in [0.5, 0.6) is 0 Å². The minimum Gasteiger partial charge on any atom is -0.264 e. The van der Waals surface area contributed by atoms with Crippen molar-refractivity contribution < 1.29 is 9.59 Å². The monoisotopic (exact) mass is 199 g/mol. The van der Waals surface area contributed by atoms with Gasteiger partial charge in [-0.1, -0.05) is 12.1 Å². The van der Waals surface area contributed by atoms with Crippen molar-refractivity contribution in [3.8, 4) is 0 Å². The lowest BCUT2D eigenvalue weighted by Crippen LogP contribution is -1.99. The van der Waals surface area contributed by atoms with Crippen LogP contribution in [-0.2, 0) is 4.79 Å². The predicted molar refractivity (Wildman–Crippen MR) is 52.0 cm³/mol. The molecule has 15 heavy (non-hydrogen) atoms. The van der Waals surface area contributed by atoms with Crippen LogP contribution >= 0.6 is 0 Å². The molecular weight excluding hydrogens is 194 g/mol. The maximum atomic E-state index is 11.2. The molecule has 0 atom stereocenters. The van der Waals surface area contributed by atoms with Gasteiger partial charge in [0.2, 0.25) is 6.08 Å². The first kappa shape index (κ1) is 9.18. The van der Waals surface area contributed by atoms with Crippen molar-refractivity contribution in [1.82, 2.24) is 9.97 Å². The van der Waals surface area contributed by atoms with Crippen LogP contribution in [0, 0.1) is 0 Å². The summed E-state index contributed by atoms with van der Waals surface area (Å²) in [7, 11) is 0. The lowest BCUT2D eigenvalue weighted by molar-refractivity contribution is 0.0998. The summed E-state index contributed by atoms with van der Waals surface area (Å²) in [6, 6.07) is 7.11. The average molecular weight is 199 g/mol. The highest BCUT2D eigenvalue weighted by molar-refractivity contribution is 5.96. The Morgan fingerprint density at radius 3 is 2.73 bits per heavy atom. The van der Waals surface area contributed by atoms with Gasteiger partial charge in [-0.2, -0.15) is 0 Å². The number of carbonyl (C=O) groups excluding carboxylic acids is 2. The van der Waals surface area contributed by atoms with E-state index in [9.17, 15) is 9.59 Å². The molecule has 0 unspecified atom stereocenters. The van der Waals surface area contributed by atoms with Gasteiger partial charge < -0.3 is 0 Å². The van der Waals surface area contributed by atoms with Crippen molar-refractivity contribution in [3.05, 3.63) is 36.2 Å². The third-order valence-corrected chi connectivity index (χ3v) is 1.81. The molecular formula is C10H5N3O2. The average Bonchev–Trinajstić information content (AvgIpc) is 2.29. The summed E-state index contributed by atoms with van der Waals surface area (Å²) >= 11 is 0. The molecule has 0 aliphatic rings. The van der Waals surface area contributed by atoms with Crippen LogP contribution in [0.3, 0.4) is 0 Å². The SMILES string of the molecule is O=C=NC(=O)c1cnc2ccccc2n1. The molecule has 72 valence electrons. The van der Waals surface area contributed by atoms with Gasteiger partial charge in [0.25, 0.3) is 0 Å². The number of para-hydroxylation sites is 2. The Labute approximate surface area is 84.5 Å². The number of hydrogen-bond acceptors (Lipinski definition) is 4. The molecule has 1 heterocycles. The topological polar surface area (TPSA) is 72.3 Å². The van der Waals surface area contributed by atoms with E-state index in [0.29, 0.717) is 11.0 Å². The number of rotatable bonds is 1. The normalized spacial score (nSPS) is 9.60. The smallest absolute Gasteiger partial charge is 0.264 e. The number of isocyanates is 1. The van der Waals surface area contributed by atoms with E-state index in [4.69, 9.17) is 0 Å². The van der Waals surface area contributed by atoms with Crippen molar-refractivity contribution in [3.63, 3.8) is 0 Å². The second-order valence-corrected chi connectivity index (χ2v) is 2.75. The van der Waals surface area contributed by atoms with E-state index in [2.05, 4.69) is 15.0 Å². The molecule has 5 nitrogen and oxygen atoms in total. The van der Waals surface area contributed by atoms with Gasteiger partial charge in [0, 0.05) is 0 Å². The summed E-state index contributed by atoms with van der Waals surface area (Å²) in [5, 5.41) is 0. The van der Waals surface area contributed by atoms with Crippen LogP contribution in [0.25, 0.3) is 11.0 Å². The summed E-state index contributed by atoms with van der Waals surface area (Å²) in [4.78, 5) is 32.0. The molecule has 0 bridgehead atoms. The summed E-state index contributed by atoms with van der Waals surface area (Å²) in [6.45, 7) is 0.